The van der Waals surface area contributed by atoms with Gasteiger partial charge >= 0.3 is 0 Å². The molecule has 0 fully saturated rings. The van der Waals surface area contributed by atoms with Crippen LogP contribution in [0.5, 0.6) is 0 Å². The van der Waals surface area contributed by atoms with E-state index in [-0.39, 0.29) is 6.35 Å². The zero-order valence-electron chi connectivity index (χ0n) is 11.6. The van der Waals surface area contributed by atoms with Gasteiger partial charge in [-0.3, -0.25) is 0 Å². The van der Waals surface area contributed by atoms with Crippen LogP contribution in [-0.4, -0.2) is 31.2 Å². The van der Waals surface area contributed by atoms with E-state index in [0.717, 1.165) is 17.1 Å². The lowest BCUT2D eigenvalue weighted by molar-refractivity contribution is 0.0294. The number of hydrogen-bond donors (Lipinski definition) is 0. The number of hydrogen-bond acceptors (Lipinski definition) is 4. The SMILES string of the molecule is COC1N(C)C(c2ccccc2)=NN1c1ccccc1. The number of hydrazone groups is 1. The molecule has 0 radical (unpaired) electrons. The van der Waals surface area contributed by atoms with Crippen LogP contribution in [0.2, 0.25) is 0 Å². The molecule has 1 unspecified atom stereocenters. The van der Waals surface area contributed by atoms with Crippen molar-refractivity contribution >= 4 is 11.5 Å². The van der Waals surface area contributed by atoms with Gasteiger partial charge in [0, 0.05) is 19.7 Å². The van der Waals surface area contributed by atoms with Crippen molar-refractivity contribution in [2.24, 2.45) is 5.10 Å². The Morgan fingerprint density at radius 1 is 0.950 bits per heavy atom. The third-order valence-electron chi connectivity index (χ3n) is 3.34. The van der Waals surface area contributed by atoms with Gasteiger partial charge in [0.05, 0.1) is 5.69 Å². The highest BCUT2D eigenvalue weighted by Gasteiger charge is 2.32. The molecule has 0 aromatic heterocycles. The fourth-order valence-corrected chi connectivity index (χ4v) is 2.36. The van der Waals surface area contributed by atoms with Crippen LogP contribution in [0.15, 0.2) is 65.8 Å². The number of ether oxygens (including phenoxy) is 1. The molecule has 102 valence electrons. The molecule has 0 N–H and O–H groups in total. The number of methoxy groups -OCH3 is 1. The Labute approximate surface area is 118 Å². The van der Waals surface area contributed by atoms with E-state index < -0.39 is 0 Å². The lowest BCUT2D eigenvalue weighted by atomic mass is 10.2. The van der Waals surface area contributed by atoms with Crippen LogP contribution < -0.4 is 5.01 Å². The van der Waals surface area contributed by atoms with Crippen molar-refractivity contribution in [2.75, 3.05) is 19.2 Å². The molecule has 3 rings (SSSR count). The van der Waals surface area contributed by atoms with Crippen LogP contribution in [0, 0.1) is 0 Å². The van der Waals surface area contributed by atoms with Crippen molar-refractivity contribution in [1.82, 2.24) is 4.90 Å². The molecule has 0 amide bonds. The van der Waals surface area contributed by atoms with Crippen molar-refractivity contribution in [3.8, 4) is 0 Å². The summed E-state index contributed by atoms with van der Waals surface area (Å²) >= 11 is 0. The quantitative estimate of drug-likeness (QED) is 0.856. The third kappa shape index (κ3) is 2.14. The van der Waals surface area contributed by atoms with Crippen molar-refractivity contribution < 1.29 is 4.74 Å². The van der Waals surface area contributed by atoms with Gasteiger partial charge in [0.1, 0.15) is 0 Å². The molecule has 1 aliphatic rings. The number of amidine groups is 1. The number of benzene rings is 2. The lowest BCUT2D eigenvalue weighted by Crippen LogP contribution is -2.41. The topological polar surface area (TPSA) is 28.1 Å². The lowest BCUT2D eigenvalue weighted by Gasteiger charge is -2.27. The van der Waals surface area contributed by atoms with Gasteiger partial charge in [0.15, 0.2) is 5.84 Å². The van der Waals surface area contributed by atoms with E-state index in [1.54, 1.807) is 7.11 Å². The molecule has 0 aliphatic carbocycles. The fraction of sp³-hybridized carbons (Fsp3) is 0.188. The average Bonchev–Trinajstić information content (AvgIpc) is 2.86. The summed E-state index contributed by atoms with van der Waals surface area (Å²) in [6.45, 7) is 0. The zero-order valence-corrected chi connectivity index (χ0v) is 11.6. The van der Waals surface area contributed by atoms with E-state index >= 15 is 0 Å². The summed E-state index contributed by atoms with van der Waals surface area (Å²) in [5.74, 6) is 0.904. The monoisotopic (exact) mass is 267 g/mol. The Balaban J connectivity index is 2.00. The Hall–Kier alpha value is -2.33. The second kappa shape index (κ2) is 5.35. The fourth-order valence-electron chi connectivity index (χ4n) is 2.36. The maximum Gasteiger partial charge on any atom is 0.230 e. The molecule has 0 bridgehead atoms. The van der Waals surface area contributed by atoms with Gasteiger partial charge in [0.25, 0.3) is 0 Å². The molecule has 0 spiro atoms. The smallest absolute Gasteiger partial charge is 0.230 e. The van der Waals surface area contributed by atoms with Crippen LogP contribution in [0.4, 0.5) is 5.69 Å². The Bertz CT molecular complexity index is 598. The summed E-state index contributed by atoms with van der Waals surface area (Å²) in [6.07, 6.45) is -0.229. The maximum absolute atomic E-state index is 5.58. The summed E-state index contributed by atoms with van der Waals surface area (Å²) in [7, 11) is 3.68. The first kappa shape index (κ1) is 12.7. The minimum absolute atomic E-state index is 0.229. The maximum atomic E-state index is 5.58. The van der Waals surface area contributed by atoms with Crippen LogP contribution in [0.1, 0.15) is 5.56 Å². The molecule has 1 atom stereocenters. The Morgan fingerprint density at radius 3 is 2.15 bits per heavy atom. The first-order valence-electron chi connectivity index (χ1n) is 6.55. The molecule has 1 aliphatic heterocycles. The molecule has 20 heavy (non-hydrogen) atoms. The molecule has 4 nitrogen and oxygen atoms in total. The standard InChI is InChI=1S/C16H17N3O/c1-18-15(13-9-5-3-6-10-13)17-19(16(18)20-2)14-11-7-4-8-12-14/h3-12,16H,1-2H3. The van der Waals surface area contributed by atoms with E-state index in [2.05, 4.69) is 12.1 Å². The summed E-state index contributed by atoms with van der Waals surface area (Å²) in [5, 5.41) is 6.60. The summed E-state index contributed by atoms with van der Waals surface area (Å²) in [6, 6.07) is 20.2. The highest BCUT2D eigenvalue weighted by Crippen LogP contribution is 2.26. The van der Waals surface area contributed by atoms with E-state index in [0.29, 0.717) is 0 Å². The predicted octanol–water partition coefficient (Wildman–Crippen LogP) is 2.73. The second-order valence-electron chi connectivity index (χ2n) is 4.64. The molecule has 0 saturated carbocycles. The van der Waals surface area contributed by atoms with Gasteiger partial charge in [-0.1, -0.05) is 48.5 Å². The van der Waals surface area contributed by atoms with E-state index in [4.69, 9.17) is 9.84 Å². The molecule has 2 aromatic carbocycles. The van der Waals surface area contributed by atoms with Crippen LogP contribution >= 0.6 is 0 Å². The van der Waals surface area contributed by atoms with Crippen LogP contribution in [-0.2, 0) is 4.74 Å². The van der Waals surface area contributed by atoms with Gasteiger partial charge in [0.2, 0.25) is 6.35 Å². The molecular formula is C16H17N3O. The number of anilines is 1. The van der Waals surface area contributed by atoms with Crippen molar-refractivity contribution in [3.63, 3.8) is 0 Å². The number of para-hydroxylation sites is 1. The average molecular weight is 267 g/mol. The third-order valence-corrected chi connectivity index (χ3v) is 3.34. The van der Waals surface area contributed by atoms with E-state index in [1.165, 1.54) is 0 Å². The minimum Gasteiger partial charge on any atom is -0.342 e. The number of nitrogens with zero attached hydrogens (tertiary/aromatic N) is 3. The molecule has 1 heterocycles. The zero-order chi connectivity index (χ0) is 13.9. The van der Waals surface area contributed by atoms with Gasteiger partial charge < -0.3 is 9.64 Å². The van der Waals surface area contributed by atoms with Gasteiger partial charge in [-0.2, -0.15) is 0 Å². The summed E-state index contributed by atoms with van der Waals surface area (Å²) < 4.78 is 5.58. The van der Waals surface area contributed by atoms with Crippen molar-refractivity contribution in [2.45, 2.75) is 6.35 Å². The molecule has 2 aromatic rings. The molecule has 4 heteroatoms. The Kier molecular flexibility index (Phi) is 3.39. The van der Waals surface area contributed by atoms with E-state index in [9.17, 15) is 0 Å². The van der Waals surface area contributed by atoms with Crippen LogP contribution in [0.3, 0.4) is 0 Å². The highest BCUT2D eigenvalue weighted by molar-refractivity contribution is 6.00. The van der Waals surface area contributed by atoms with Gasteiger partial charge in [-0.05, 0) is 12.1 Å². The van der Waals surface area contributed by atoms with Crippen molar-refractivity contribution in [1.29, 1.82) is 0 Å². The summed E-state index contributed by atoms with van der Waals surface area (Å²) in [5.41, 5.74) is 2.09. The first-order valence-corrected chi connectivity index (χ1v) is 6.55. The molecular weight excluding hydrogens is 250 g/mol. The molecule has 0 saturated heterocycles. The van der Waals surface area contributed by atoms with Crippen molar-refractivity contribution in [3.05, 3.63) is 66.2 Å². The predicted molar refractivity (Wildman–Crippen MR) is 80.5 cm³/mol. The second-order valence-corrected chi connectivity index (χ2v) is 4.64. The first-order chi connectivity index (χ1) is 9.81. The summed E-state index contributed by atoms with van der Waals surface area (Å²) in [4.78, 5) is 2.03. The van der Waals surface area contributed by atoms with Gasteiger partial charge in [-0.15, -0.1) is 5.10 Å². The van der Waals surface area contributed by atoms with E-state index in [1.807, 2.05) is 65.5 Å². The Morgan fingerprint density at radius 2 is 1.55 bits per heavy atom. The highest BCUT2D eigenvalue weighted by atomic mass is 16.5. The largest absolute Gasteiger partial charge is 0.342 e. The minimum atomic E-state index is -0.229. The normalized spacial score (nSPS) is 18.3. The van der Waals surface area contributed by atoms with Crippen LogP contribution in [0.25, 0.3) is 0 Å². The van der Waals surface area contributed by atoms with Gasteiger partial charge in [-0.25, -0.2) is 5.01 Å². The number of rotatable bonds is 3.